The van der Waals surface area contributed by atoms with E-state index in [1.807, 2.05) is 31.2 Å². The number of aryl methyl sites for hydroxylation is 2. The molecule has 5 aromatic rings. The monoisotopic (exact) mass is 500 g/mol. The molecule has 36 heavy (non-hydrogen) atoms. The number of aromatic nitrogens is 4. The third-order valence-corrected chi connectivity index (χ3v) is 6.97. The maximum absolute atomic E-state index is 13.8. The predicted molar refractivity (Wildman–Crippen MR) is 137 cm³/mol. The van der Waals surface area contributed by atoms with Crippen molar-refractivity contribution in [1.82, 2.24) is 19.3 Å². The highest BCUT2D eigenvalue weighted by Gasteiger charge is 2.22. The number of benzene rings is 3. The molecule has 0 fully saturated rings. The van der Waals surface area contributed by atoms with Gasteiger partial charge < -0.3 is 5.73 Å². The molecule has 0 saturated heterocycles. The second-order valence-electron chi connectivity index (χ2n) is 8.50. The van der Waals surface area contributed by atoms with Crippen LogP contribution in [0.4, 0.5) is 0 Å². The van der Waals surface area contributed by atoms with Crippen LogP contribution in [-0.4, -0.2) is 33.7 Å². The first-order chi connectivity index (χ1) is 17.2. The topological polar surface area (TPSA) is 139 Å². The Morgan fingerprint density at radius 3 is 2.39 bits per heavy atom. The molecule has 0 amide bonds. The van der Waals surface area contributed by atoms with Crippen molar-refractivity contribution >= 4 is 27.0 Å². The van der Waals surface area contributed by atoms with E-state index in [1.54, 1.807) is 54.1 Å². The molecule has 3 aromatic carbocycles. The summed E-state index contributed by atoms with van der Waals surface area (Å²) in [5.41, 5.74) is 10.8. The van der Waals surface area contributed by atoms with Gasteiger partial charge in [0.15, 0.2) is 0 Å². The molecule has 0 unspecified atom stereocenters. The molecule has 9 nitrogen and oxygen atoms in total. The van der Waals surface area contributed by atoms with Crippen molar-refractivity contribution in [2.75, 3.05) is 0 Å². The number of hydrogen-bond acceptors (Lipinski definition) is 6. The molecule has 0 radical (unpaired) electrons. The molecule has 0 saturated carbocycles. The summed E-state index contributed by atoms with van der Waals surface area (Å²) in [5, 5.41) is 9.94. The van der Waals surface area contributed by atoms with Crippen LogP contribution in [0, 0.1) is 13.8 Å². The molecule has 0 aliphatic rings. The summed E-state index contributed by atoms with van der Waals surface area (Å²) >= 11 is 0. The van der Waals surface area contributed by atoms with Crippen molar-refractivity contribution in [3.8, 4) is 16.8 Å². The lowest BCUT2D eigenvalue weighted by atomic mass is 10.1. The van der Waals surface area contributed by atoms with Crippen LogP contribution in [0.1, 0.15) is 27.6 Å². The smallest absolute Gasteiger partial charge is 0.282 e. The Bertz CT molecular complexity index is 1730. The summed E-state index contributed by atoms with van der Waals surface area (Å²) in [7, 11) is -3.92. The lowest BCUT2D eigenvalue weighted by Crippen LogP contribution is -2.18. The number of nitrogens with two attached hydrogens (primary N) is 2. The molecule has 2 aromatic heterocycles. The molecule has 0 aliphatic carbocycles. The molecule has 0 bridgehead atoms. The minimum atomic E-state index is -3.92. The van der Waals surface area contributed by atoms with Gasteiger partial charge in [0.05, 0.1) is 27.3 Å². The summed E-state index contributed by atoms with van der Waals surface area (Å²) in [6.45, 7) is 4.00. The average molecular weight is 501 g/mol. The second kappa shape index (κ2) is 8.83. The number of imidazole rings is 1. The fourth-order valence-corrected chi connectivity index (χ4v) is 5.07. The van der Waals surface area contributed by atoms with Crippen LogP contribution in [0.3, 0.4) is 0 Å². The third kappa shape index (κ3) is 4.11. The van der Waals surface area contributed by atoms with Gasteiger partial charge in [-0.3, -0.25) is 9.36 Å². The van der Waals surface area contributed by atoms with E-state index in [9.17, 15) is 13.2 Å². The number of carbonyl (C=O) groups is 1. The fraction of sp³-hybridized carbons (Fsp3) is 0.115. The van der Waals surface area contributed by atoms with Gasteiger partial charge in [-0.25, -0.2) is 23.2 Å². The van der Waals surface area contributed by atoms with Gasteiger partial charge in [0.2, 0.25) is 10.0 Å². The van der Waals surface area contributed by atoms with Gasteiger partial charge in [0.1, 0.15) is 11.5 Å². The van der Waals surface area contributed by atoms with Crippen LogP contribution >= 0.6 is 0 Å². The van der Waals surface area contributed by atoms with E-state index in [0.717, 1.165) is 11.3 Å². The van der Waals surface area contributed by atoms with E-state index in [0.29, 0.717) is 45.9 Å². The first kappa shape index (κ1) is 23.6. The minimum absolute atomic E-state index is 0.0246. The largest absolute Gasteiger partial charge is 0.326 e. The number of nitrogens with zero attached hydrogens (tertiary/aromatic N) is 4. The molecule has 5 rings (SSSR count). The van der Waals surface area contributed by atoms with Gasteiger partial charge in [-0.2, -0.15) is 5.10 Å². The Morgan fingerprint density at radius 1 is 0.972 bits per heavy atom. The molecular formula is C26H24N6O3S. The van der Waals surface area contributed by atoms with Crippen LogP contribution in [-0.2, 0) is 16.6 Å². The standard InChI is InChI=1S/C26H24N6O3S/c1-16-13-24(32(30-16)20-10-7-18(15-27)8-11-20)26(33)31-17(2)29-22-14-19(9-12-23(22)31)21-5-3-4-6-25(21)36(28,34)35/h3-14H,15,27H2,1-2H3,(H2,28,34,35). The first-order valence-electron chi connectivity index (χ1n) is 11.2. The normalized spacial score (nSPS) is 11.8. The van der Waals surface area contributed by atoms with E-state index in [1.165, 1.54) is 10.6 Å². The van der Waals surface area contributed by atoms with Crippen LogP contribution < -0.4 is 10.9 Å². The Balaban J connectivity index is 1.60. The number of primary sulfonamides is 1. The second-order valence-corrected chi connectivity index (χ2v) is 10.0. The van der Waals surface area contributed by atoms with Crippen molar-refractivity contribution in [3.05, 3.63) is 95.6 Å². The van der Waals surface area contributed by atoms with E-state index < -0.39 is 10.0 Å². The average Bonchev–Trinajstić information content (AvgIpc) is 3.41. The first-order valence-corrected chi connectivity index (χ1v) is 12.7. The predicted octanol–water partition coefficient (Wildman–Crippen LogP) is 3.30. The van der Waals surface area contributed by atoms with Gasteiger partial charge in [-0.15, -0.1) is 0 Å². The molecule has 2 heterocycles. The van der Waals surface area contributed by atoms with Crippen molar-refractivity contribution in [3.63, 3.8) is 0 Å². The Morgan fingerprint density at radius 2 is 1.69 bits per heavy atom. The molecular weight excluding hydrogens is 476 g/mol. The van der Waals surface area contributed by atoms with Crippen LogP contribution in [0.5, 0.6) is 0 Å². The van der Waals surface area contributed by atoms with E-state index in [-0.39, 0.29) is 10.8 Å². The number of carbonyl (C=O) groups excluding carboxylic acids is 1. The van der Waals surface area contributed by atoms with Crippen molar-refractivity contribution < 1.29 is 13.2 Å². The minimum Gasteiger partial charge on any atom is -0.326 e. The van der Waals surface area contributed by atoms with E-state index in [4.69, 9.17) is 10.9 Å². The van der Waals surface area contributed by atoms with Gasteiger partial charge in [-0.1, -0.05) is 36.4 Å². The number of sulfonamides is 1. The van der Waals surface area contributed by atoms with E-state index >= 15 is 0 Å². The summed E-state index contributed by atoms with van der Waals surface area (Å²) in [6.07, 6.45) is 0. The van der Waals surface area contributed by atoms with Crippen LogP contribution in [0.25, 0.3) is 27.8 Å². The van der Waals surface area contributed by atoms with Crippen LogP contribution in [0.15, 0.2) is 77.7 Å². The zero-order valence-corrected chi connectivity index (χ0v) is 20.5. The number of rotatable bonds is 5. The van der Waals surface area contributed by atoms with Gasteiger partial charge >= 0.3 is 0 Å². The zero-order chi connectivity index (χ0) is 25.6. The Hall–Kier alpha value is -4.12. The molecule has 10 heteroatoms. The highest BCUT2D eigenvalue weighted by atomic mass is 32.2. The summed E-state index contributed by atoms with van der Waals surface area (Å²) in [4.78, 5) is 18.4. The molecule has 182 valence electrons. The maximum atomic E-state index is 13.8. The SMILES string of the molecule is Cc1cc(C(=O)n2c(C)nc3cc(-c4ccccc4S(N)(=O)=O)ccc32)n(-c2ccc(CN)cc2)n1. The number of fused-ring (bicyclic) bond motifs is 1. The summed E-state index contributed by atoms with van der Waals surface area (Å²) < 4.78 is 27.3. The Kier molecular flexibility index (Phi) is 5.79. The van der Waals surface area contributed by atoms with Crippen molar-refractivity contribution in [1.29, 1.82) is 0 Å². The lowest BCUT2D eigenvalue weighted by molar-refractivity contribution is 0.0954. The number of hydrogen-bond donors (Lipinski definition) is 2. The molecule has 0 atom stereocenters. The Labute approximate surface area is 208 Å². The zero-order valence-electron chi connectivity index (χ0n) is 19.7. The van der Waals surface area contributed by atoms with Crippen molar-refractivity contribution in [2.24, 2.45) is 10.9 Å². The lowest BCUT2D eigenvalue weighted by Gasteiger charge is -2.10. The molecule has 0 aliphatic heterocycles. The van der Waals surface area contributed by atoms with Gasteiger partial charge in [-0.05, 0) is 61.4 Å². The van der Waals surface area contributed by atoms with Crippen molar-refractivity contribution in [2.45, 2.75) is 25.3 Å². The quantitative estimate of drug-likeness (QED) is 0.380. The maximum Gasteiger partial charge on any atom is 0.282 e. The summed E-state index contributed by atoms with van der Waals surface area (Å²) in [5.74, 6) is 0.215. The molecule has 4 N–H and O–H groups in total. The highest BCUT2D eigenvalue weighted by molar-refractivity contribution is 7.89. The third-order valence-electron chi connectivity index (χ3n) is 6.00. The fourth-order valence-electron chi connectivity index (χ4n) is 4.31. The molecule has 0 spiro atoms. The highest BCUT2D eigenvalue weighted by Crippen LogP contribution is 2.30. The van der Waals surface area contributed by atoms with Gasteiger partial charge in [0.25, 0.3) is 5.91 Å². The summed E-state index contributed by atoms with van der Waals surface area (Å²) in [6, 6.07) is 21.1. The van der Waals surface area contributed by atoms with Gasteiger partial charge in [0, 0.05) is 12.1 Å². The van der Waals surface area contributed by atoms with E-state index in [2.05, 4.69) is 10.1 Å². The van der Waals surface area contributed by atoms with Crippen LogP contribution in [0.2, 0.25) is 0 Å².